The molecule has 28 heavy (non-hydrogen) atoms. The molecule has 0 heterocycles. The first kappa shape index (κ1) is 18.0. The predicted octanol–water partition coefficient (Wildman–Crippen LogP) is 7.24. The van der Waals surface area contributed by atoms with Crippen molar-refractivity contribution in [2.75, 3.05) is 0 Å². The molecule has 0 spiro atoms. The summed E-state index contributed by atoms with van der Waals surface area (Å²) in [7, 11) is 0. The van der Waals surface area contributed by atoms with E-state index >= 15 is 0 Å². The van der Waals surface area contributed by atoms with Gasteiger partial charge < -0.3 is 0 Å². The average Bonchev–Trinajstić information content (AvgIpc) is 2.79. The summed E-state index contributed by atoms with van der Waals surface area (Å²) < 4.78 is 0. The van der Waals surface area contributed by atoms with Gasteiger partial charge in [-0.15, -0.1) is 0 Å². The van der Waals surface area contributed by atoms with Crippen molar-refractivity contribution in [3.05, 3.63) is 144 Å². The van der Waals surface area contributed by atoms with E-state index in [1.165, 1.54) is 22.3 Å². The van der Waals surface area contributed by atoms with Crippen LogP contribution in [0.5, 0.6) is 0 Å². The maximum atomic E-state index is 2.34. The van der Waals surface area contributed by atoms with Gasteiger partial charge in [-0.05, 0) is 28.7 Å². The Hall–Kier alpha value is -3.38. The SMILES string of the molecule is C1=CC(/C=C/c2ccccc2)(c2ccccc2)CC=C1/C=C/c1ccccc1. The minimum atomic E-state index is -0.110. The predicted molar refractivity (Wildman–Crippen MR) is 121 cm³/mol. The molecule has 0 radical (unpaired) electrons. The topological polar surface area (TPSA) is 0 Å². The lowest BCUT2D eigenvalue weighted by Gasteiger charge is -2.30. The molecular formula is C28H24. The highest BCUT2D eigenvalue weighted by Gasteiger charge is 2.27. The molecule has 0 aliphatic heterocycles. The molecule has 1 aliphatic rings. The van der Waals surface area contributed by atoms with Gasteiger partial charge in [0, 0.05) is 5.41 Å². The number of rotatable bonds is 5. The van der Waals surface area contributed by atoms with Gasteiger partial charge in [-0.3, -0.25) is 0 Å². The molecule has 1 aliphatic carbocycles. The summed E-state index contributed by atoms with van der Waals surface area (Å²) >= 11 is 0. The molecule has 0 amide bonds. The molecule has 1 unspecified atom stereocenters. The molecule has 0 N–H and O–H groups in total. The molecular weight excluding hydrogens is 336 g/mol. The van der Waals surface area contributed by atoms with Crippen molar-refractivity contribution in [2.45, 2.75) is 11.8 Å². The Morgan fingerprint density at radius 1 is 0.607 bits per heavy atom. The van der Waals surface area contributed by atoms with Crippen molar-refractivity contribution in [2.24, 2.45) is 0 Å². The van der Waals surface area contributed by atoms with Crippen molar-refractivity contribution < 1.29 is 0 Å². The minimum Gasteiger partial charge on any atom is -0.0758 e. The minimum absolute atomic E-state index is 0.110. The van der Waals surface area contributed by atoms with Gasteiger partial charge in [0.25, 0.3) is 0 Å². The Labute approximate surface area is 167 Å². The van der Waals surface area contributed by atoms with E-state index in [1.54, 1.807) is 0 Å². The summed E-state index contributed by atoms with van der Waals surface area (Å²) in [5.41, 5.74) is 4.91. The van der Waals surface area contributed by atoms with Gasteiger partial charge in [0.05, 0.1) is 0 Å². The third-order valence-electron chi connectivity index (χ3n) is 5.20. The van der Waals surface area contributed by atoms with Gasteiger partial charge in [0.1, 0.15) is 0 Å². The lowest BCUT2D eigenvalue weighted by molar-refractivity contribution is 0.675. The monoisotopic (exact) mass is 360 g/mol. The van der Waals surface area contributed by atoms with Crippen LogP contribution in [0.4, 0.5) is 0 Å². The van der Waals surface area contributed by atoms with E-state index in [0.29, 0.717) is 0 Å². The van der Waals surface area contributed by atoms with E-state index in [9.17, 15) is 0 Å². The second-order valence-corrected chi connectivity index (χ2v) is 7.14. The van der Waals surface area contributed by atoms with Crippen LogP contribution in [0.3, 0.4) is 0 Å². The average molecular weight is 361 g/mol. The molecule has 0 fully saturated rings. The summed E-state index contributed by atoms with van der Waals surface area (Å²) in [5.74, 6) is 0. The van der Waals surface area contributed by atoms with E-state index < -0.39 is 0 Å². The molecule has 0 nitrogen and oxygen atoms in total. The normalized spacial score (nSPS) is 19.2. The fourth-order valence-corrected chi connectivity index (χ4v) is 3.54. The number of hydrogen-bond acceptors (Lipinski definition) is 0. The molecule has 0 heteroatoms. The summed E-state index contributed by atoms with van der Waals surface area (Å²) in [6.45, 7) is 0. The van der Waals surface area contributed by atoms with Crippen LogP contribution in [-0.4, -0.2) is 0 Å². The fourth-order valence-electron chi connectivity index (χ4n) is 3.54. The molecule has 3 aromatic carbocycles. The zero-order chi connectivity index (χ0) is 19.1. The van der Waals surface area contributed by atoms with Crippen molar-refractivity contribution in [3.63, 3.8) is 0 Å². The molecule has 0 bridgehead atoms. The number of benzene rings is 3. The maximum absolute atomic E-state index is 2.34. The summed E-state index contributed by atoms with van der Waals surface area (Å²) in [6, 6.07) is 31.7. The van der Waals surface area contributed by atoms with Crippen LogP contribution >= 0.6 is 0 Å². The molecule has 1 atom stereocenters. The largest absolute Gasteiger partial charge is 0.0758 e. The highest BCUT2D eigenvalue weighted by atomic mass is 14.3. The van der Waals surface area contributed by atoms with E-state index in [4.69, 9.17) is 0 Å². The van der Waals surface area contributed by atoms with Crippen molar-refractivity contribution in [1.82, 2.24) is 0 Å². The molecule has 4 rings (SSSR count). The Morgan fingerprint density at radius 2 is 1.18 bits per heavy atom. The number of allylic oxidation sites excluding steroid dienone is 6. The van der Waals surface area contributed by atoms with Gasteiger partial charge >= 0.3 is 0 Å². The maximum Gasteiger partial charge on any atom is 0.0353 e. The third kappa shape index (κ3) is 4.29. The van der Waals surface area contributed by atoms with E-state index in [-0.39, 0.29) is 5.41 Å². The van der Waals surface area contributed by atoms with Crippen LogP contribution in [0.15, 0.2) is 127 Å². The van der Waals surface area contributed by atoms with Gasteiger partial charge in [-0.1, -0.05) is 134 Å². The van der Waals surface area contributed by atoms with Crippen molar-refractivity contribution in [3.8, 4) is 0 Å². The highest BCUT2D eigenvalue weighted by Crippen LogP contribution is 2.36. The fraction of sp³-hybridized carbons (Fsp3) is 0.0714. The quantitative estimate of drug-likeness (QED) is 0.450. The Kier molecular flexibility index (Phi) is 5.49. The third-order valence-corrected chi connectivity index (χ3v) is 5.20. The van der Waals surface area contributed by atoms with Crippen LogP contribution in [-0.2, 0) is 5.41 Å². The zero-order valence-corrected chi connectivity index (χ0v) is 15.9. The molecule has 3 aromatic rings. The van der Waals surface area contributed by atoms with Gasteiger partial charge in [0.15, 0.2) is 0 Å². The first-order valence-electron chi connectivity index (χ1n) is 9.76. The van der Waals surface area contributed by atoms with Crippen molar-refractivity contribution in [1.29, 1.82) is 0 Å². The first-order chi connectivity index (χ1) is 13.8. The second-order valence-electron chi connectivity index (χ2n) is 7.14. The second kappa shape index (κ2) is 8.54. The Balaban J connectivity index is 1.60. The molecule has 0 saturated carbocycles. The van der Waals surface area contributed by atoms with E-state index in [1.807, 2.05) is 6.07 Å². The summed E-state index contributed by atoms with van der Waals surface area (Å²) in [6.07, 6.45) is 16.8. The highest BCUT2D eigenvalue weighted by molar-refractivity contribution is 5.59. The van der Waals surface area contributed by atoms with E-state index in [0.717, 1.165) is 6.42 Å². The summed E-state index contributed by atoms with van der Waals surface area (Å²) in [5, 5.41) is 0. The van der Waals surface area contributed by atoms with Crippen LogP contribution in [0, 0.1) is 0 Å². The smallest absolute Gasteiger partial charge is 0.0353 e. The van der Waals surface area contributed by atoms with Gasteiger partial charge in [-0.2, -0.15) is 0 Å². The first-order valence-corrected chi connectivity index (χ1v) is 9.76. The lowest BCUT2D eigenvalue weighted by Crippen LogP contribution is -2.21. The van der Waals surface area contributed by atoms with Crippen LogP contribution in [0.2, 0.25) is 0 Å². The van der Waals surface area contributed by atoms with Crippen LogP contribution in [0.1, 0.15) is 23.1 Å². The van der Waals surface area contributed by atoms with Gasteiger partial charge in [-0.25, -0.2) is 0 Å². The van der Waals surface area contributed by atoms with E-state index in [2.05, 4.69) is 127 Å². The summed E-state index contributed by atoms with van der Waals surface area (Å²) in [4.78, 5) is 0. The number of hydrogen-bond donors (Lipinski definition) is 0. The Morgan fingerprint density at radius 3 is 1.75 bits per heavy atom. The van der Waals surface area contributed by atoms with Crippen LogP contribution < -0.4 is 0 Å². The zero-order valence-electron chi connectivity index (χ0n) is 15.9. The standard InChI is InChI=1S/C28H24/c1-4-10-24(11-5-1)16-17-26-19-22-28(23-20-26,27-14-8-3-9-15-27)21-18-25-12-6-2-7-13-25/h1-22H,23H2/b17-16+,21-18+. The lowest BCUT2D eigenvalue weighted by atomic mass is 9.74. The van der Waals surface area contributed by atoms with Crippen LogP contribution in [0.25, 0.3) is 12.2 Å². The Bertz CT molecular complexity index is 1010. The molecule has 0 saturated heterocycles. The molecule has 0 aromatic heterocycles. The van der Waals surface area contributed by atoms with Crippen molar-refractivity contribution >= 4 is 12.2 Å². The van der Waals surface area contributed by atoms with Gasteiger partial charge in [0.2, 0.25) is 0 Å². The molecule has 136 valence electrons.